The standard InChI is InChI=1S/C25H27F6N7O4/c1-37-20(32-11-33-37)21(39)36-18(12-3-5-24(27,28)6-4-12)22-34-15-8-13(7-14(26)19(15)42-22)16(10-41-2)38-9-17(25(29,30)31)35-23(38)40/h7-8,11-12,16-18H,3-6,9-10H2,1-2H3,(H,35,40)(H,36,39)/t16-,17+,18+/m1/s1. The molecule has 42 heavy (non-hydrogen) atoms. The molecule has 0 spiro atoms. The molecule has 3 amide bonds. The van der Waals surface area contributed by atoms with E-state index in [2.05, 4.69) is 20.4 Å². The van der Waals surface area contributed by atoms with Gasteiger partial charge in [-0.1, -0.05) is 0 Å². The Bertz CT molecular complexity index is 1470. The van der Waals surface area contributed by atoms with Crippen molar-refractivity contribution in [2.75, 3.05) is 20.3 Å². The summed E-state index contributed by atoms with van der Waals surface area (Å²) < 4.78 is 95.1. The van der Waals surface area contributed by atoms with E-state index in [0.717, 1.165) is 17.3 Å². The van der Waals surface area contributed by atoms with Crippen LogP contribution in [-0.4, -0.2) is 75.0 Å². The monoisotopic (exact) mass is 603 g/mol. The number of nitrogens with one attached hydrogen (secondary N) is 2. The zero-order valence-electron chi connectivity index (χ0n) is 22.4. The Morgan fingerprint density at radius 1 is 1.29 bits per heavy atom. The van der Waals surface area contributed by atoms with E-state index in [-0.39, 0.29) is 47.8 Å². The number of benzene rings is 1. The number of hydrogen-bond donors (Lipinski definition) is 2. The molecule has 17 heteroatoms. The van der Waals surface area contributed by atoms with E-state index in [1.54, 1.807) is 0 Å². The zero-order chi connectivity index (χ0) is 30.4. The molecule has 3 atom stereocenters. The molecule has 3 aromatic rings. The van der Waals surface area contributed by atoms with Gasteiger partial charge in [-0.25, -0.2) is 32.6 Å². The zero-order valence-corrected chi connectivity index (χ0v) is 22.4. The van der Waals surface area contributed by atoms with Crippen molar-refractivity contribution in [3.63, 3.8) is 0 Å². The predicted molar refractivity (Wildman–Crippen MR) is 132 cm³/mol. The van der Waals surface area contributed by atoms with Gasteiger partial charge in [-0.05, 0) is 36.5 Å². The minimum Gasteiger partial charge on any atom is -0.435 e. The lowest BCUT2D eigenvalue weighted by Crippen LogP contribution is -2.40. The summed E-state index contributed by atoms with van der Waals surface area (Å²) in [6.07, 6.45) is -4.35. The van der Waals surface area contributed by atoms with Gasteiger partial charge in [-0.15, -0.1) is 0 Å². The van der Waals surface area contributed by atoms with Gasteiger partial charge in [0.15, 0.2) is 11.4 Å². The minimum absolute atomic E-state index is 0.0174. The number of oxazole rings is 1. The topological polar surface area (TPSA) is 127 Å². The second kappa shape index (κ2) is 11.1. The van der Waals surface area contributed by atoms with Gasteiger partial charge in [0, 0.05) is 27.0 Å². The summed E-state index contributed by atoms with van der Waals surface area (Å²) in [6.45, 7) is -0.969. The molecule has 0 bridgehead atoms. The Labute approximate surface area is 234 Å². The van der Waals surface area contributed by atoms with E-state index >= 15 is 4.39 Å². The number of rotatable bonds is 8. The highest BCUT2D eigenvalue weighted by molar-refractivity contribution is 5.90. The Hall–Kier alpha value is -3.89. The van der Waals surface area contributed by atoms with Crippen LogP contribution in [0.2, 0.25) is 0 Å². The van der Waals surface area contributed by atoms with Gasteiger partial charge in [0.2, 0.25) is 17.6 Å². The number of halogens is 6. The van der Waals surface area contributed by atoms with E-state index in [1.807, 2.05) is 5.32 Å². The number of methoxy groups -OCH3 is 1. The molecule has 1 aromatic carbocycles. The van der Waals surface area contributed by atoms with Gasteiger partial charge in [0.1, 0.15) is 23.9 Å². The first-order valence-corrected chi connectivity index (χ1v) is 13.0. The summed E-state index contributed by atoms with van der Waals surface area (Å²) in [5, 5.41) is 8.43. The summed E-state index contributed by atoms with van der Waals surface area (Å²) in [6, 6.07) is -2.90. The number of carbonyl (C=O) groups is 2. The van der Waals surface area contributed by atoms with Gasteiger partial charge < -0.3 is 24.7 Å². The van der Waals surface area contributed by atoms with E-state index in [4.69, 9.17) is 9.15 Å². The fraction of sp³-hybridized carbons (Fsp3) is 0.560. The Balaban J connectivity index is 1.49. The van der Waals surface area contributed by atoms with Crippen molar-refractivity contribution >= 4 is 23.0 Å². The van der Waals surface area contributed by atoms with E-state index in [1.165, 1.54) is 24.9 Å². The van der Waals surface area contributed by atoms with Crippen LogP contribution in [0.3, 0.4) is 0 Å². The summed E-state index contributed by atoms with van der Waals surface area (Å²) in [7, 11) is 2.77. The van der Waals surface area contributed by atoms with E-state index < -0.39 is 73.3 Å². The van der Waals surface area contributed by atoms with Gasteiger partial charge in [-0.3, -0.25) is 4.79 Å². The minimum atomic E-state index is -4.69. The summed E-state index contributed by atoms with van der Waals surface area (Å²) >= 11 is 0. The normalized spacial score (nSPS) is 21.0. The van der Waals surface area contributed by atoms with Crippen molar-refractivity contribution in [1.29, 1.82) is 0 Å². The number of hydrogen-bond acceptors (Lipinski definition) is 7. The molecule has 5 rings (SSSR count). The number of carbonyl (C=O) groups excluding carboxylic acids is 2. The fourth-order valence-electron chi connectivity index (χ4n) is 5.37. The number of alkyl halides is 5. The van der Waals surface area contributed by atoms with E-state index in [0.29, 0.717) is 0 Å². The van der Waals surface area contributed by atoms with Gasteiger partial charge in [-0.2, -0.15) is 18.3 Å². The van der Waals surface area contributed by atoms with Crippen LogP contribution in [0, 0.1) is 11.7 Å². The maximum absolute atomic E-state index is 15.4. The molecule has 0 radical (unpaired) electrons. The maximum Gasteiger partial charge on any atom is 0.410 e. The number of nitrogens with zero attached hydrogens (tertiary/aromatic N) is 5. The molecular formula is C25H27F6N7O4. The average Bonchev–Trinajstić information content (AvgIpc) is 3.64. The second-order valence-corrected chi connectivity index (χ2v) is 10.4. The van der Waals surface area contributed by atoms with Crippen LogP contribution in [0.5, 0.6) is 0 Å². The van der Waals surface area contributed by atoms with Gasteiger partial charge >= 0.3 is 12.2 Å². The second-order valence-electron chi connectivity index (χ2n) is 10.4. The first kappa shape index (κ1) is 29.6. The summed E-state index contributed by atoms with van der Waals surface area (Å²) in [5.74, 6) is -5.21. The highest BCUT2D eigenvalue weighted by Crippen LogP contribution is 2.42. The first-order chi connectivity index (χ1) is 19.8. The quantitative estimate of drug-likeness (QED) is 0.372. The smallest absolute Gasteiger partial charge is 0.410 e. The molecule has 2 N–H and O–H groups in total. The average molecular weight is 604 g/mol. The van der Waals surface area contributed by atoms with Crippen LogP contribution in [0.15, 0.2) is 22.9 Å². The van der Waals surface area contributed by atoms with Gasteiger partial charge in [0.05, 0.1) is 19.2 Å². The third-order valence-electron chi connectivity index (χ3n) is 7.60. The van der Waals surface area contributed by atoms with Crippen LogP contribution >= 0.6 is 0 Å². The number of aromatic nitrogens is 4. The fourth-order valence-corrected chi connectivity index (χ4v) is 5.37. The third kappa shape index (κ3) is 5.87. The Kier molecular flexibility index (Phi) is 7.80. The molecule has 228 valence electrons. The van der Waals surface area contributed by atoms with Crippen LogP contribution < -0.4 is 10.6 Å². The molecule has 0 unspecified atom stereocenters. The molecule has 3 heterocycles. The third-order valence-corrected chi connectivity index (χ3v) is 7.60. The lowest BCUT2D eigenvalue weighted by Gasteiger charge is -2.32. The van der Waals surface area contributed by atoms with Crippen molar-refractivity contribution in [1.82, 2.24) is 35.3 Å². The first-order valence-electron chi connectivity index (χ1n) is 13.0. The molecule has 1 aliphatic carbocycles. The van der Waals surface area contributed by atoms with Crippen molar-refractivity contribution < 1.29 is 45.1 Å². The van der Waals surface area contributed by atoms with Crippen LogP contribution in [-0.2, 0) is 11.8 Å². The number of fused-ring (bicyclic) bond motifs is 1. The van der Waals surface area contributed by atoms with Crippen LogP contribution in [0.4, 0.5) is 31.1 Å². The highest BCUT2D eigenvalue weighted by atomic mass is 19.4. The molecule has 1 saturated heterocycles. The Morgan fingerprint density at radius 3 is 2.60 bits per heavy atom. The van der Waals surface area contributed by atoms with Crippen molar-refractivity contribution in [3.8, 4) is 0 Å². The molecule has 2 aromatic heterocycles. The van der Waals surface area contributed by atoms with Crippen LogP contribution in [0.25, 0.3) is 11.1 Å². The number of ether oxygens (including phenoxy) is 1. The molecule has 11 nitrogen and oxygen atoms in total. The molecule has 1 aliphatic heterocycles. The summed E-state index contributed by atoms with van der Waals surface area (Å²) in [4.78, 5) is 34.6. The number of aryl methyl sites for hydroxylation is 1. The van der Waals surface area contributed by atoms with Crippen molar-refractivity contribution in [2.24, 2.45) is 13.0 Å². The maximum atomic E-state index is 15.4. The highest BCUT2D eigenvalue weighted by Gasteiger charge is 2.49. The molecule has 1 saturated carbocycles. The number of urea groups is 1. The lowest BCUT2D eigenvalue weighted by molar-refractivity contribution is -0.150. The van der Waals surface area contributed by atoms with Crippen molar-refractivity contribution in [3.05, 3.63) is 41.6 Å². The summed E-state index contributed by atoms with van der Waals surface area (Å²) in [5.41, 5.74) is -0.271. The molecule has 2 fully saturated rings. The Morgan fingerprint density at radius 2 is 2.00 bits per heavy atom. The number of amides is 3. The lowest BCUT2D eigenvalue weighted by atomic mass is 9.82. The van der Waals surface area contributed by atoms with Gasteiger partial charge in [0.25, 0.3) is 5.91 Å². The molecular weight excluding hydrogens is 576 g/mol. The predicted octanol–water partition coefficient (Wildman–Crippen LogP) is 4.04. The SMILES string of the molecule is COC[C@H](c1cc(F)c2oc([C@@H](NC(=O)c3ncnn3C)C3CCC(F)(F)CC3)nc2c1)N1C[C@@H](C(F)(F)F)NC1=O. The van der Waals surface area contributed by atoms with E-state index in [9.17, 15) is 31.5 Å². The van der Waals surface area contributed by atoms with Crippen molar-refractivity contribution in [2.45, 2.75) is 55.9 Å². The van der Waals surface area contributed by atoms with Crippen LogP contribution in [0.1, 0.15) is 59.8 Å². The molecule has 2 aliphatic rings. The largest absolute Gasteiger partial charge is 0.435 e.